The van der Waals surface area contributed by atoms with Gasteiger partial charge in [-0.15, -0.1) is 0 Å². The Morgan fingerprint density at radius 1 is 1.56 bits per heavy atom. The highest BCUT2D eigenvalue weighted by Gasteiger charge is 2.28. The summed E-state index contributed by atoms with van der Waals surface area (Å²) in [5.41, 5.74) is 0. The van der Waals surface area contributed by atoms with E-state index in [1.807, 2.05) is 0 Å². The molecule has 1 unspecified atom stereocenters. The monoisotopic (exact) mass is 144 g/mol. The van der Waals surface area contributed by atoms with Crippen LogP contribution >= 0.6 is 0 Å². The second kappa shape index (κ2) is 2.81. The van der Waals surface area contributed by atoms with Crippen LogP contribution in [0.3, 0.4) is 0 Å². The fourth-order valence-electron chi connectivity index (χ4n) is 1.25. The van der Waals surface area contributed by atoms with Crippen LogP contribution < -0.4 is 0 Å². The van der Waals surface area contributed by atoms with Gasteiger partial charge in [0.15, 0.2) is 9.84 Å². The minimum Gasteiger partial charge on any atom is -0.305 e. The Morgan fingerprint density at radius 3 is 2.56 bits per heavy atom. The molecule has 0 aromatic carbocycles. The lowest BCUT2D eigenvalue weighted by molar-refractivity contribution is 0.135. The number of hydrogen-bond donors (Lipinski definition) is 0. The smallest absolute Gasteiger partial charge is 0.175 e. The first-order valence-corrected chi connectivity index (χ1v) is 4.96. The third-order valence-electron chi connectivity index (χ3n) is 2.08. The van der Waals surface area contributed by atoms with Crippen molar-refractivity contribution in [2.24, 2.45) is 0 Å². The summed E-state index contributed by atoms with van der Waals surface area (Å²) >= 11 is 0. The van der Waals surface area contributed by atoms with Crippen LogP contribution in [0.2, 0.25) is 0 Å². The third kappa shape index (κ3) is 1.34. The lowest BCUT2D eigenvalue weighted by Crippen LogP contribution is -2.63. The number of rotatable bonds is 2. The molecule has 54 valence electrons. The Morgan fingerprint density at radius 2 is 2.22 bits per heavy atom. The SMILES string of the molecule is CCCN1[SiH2]N(C)C1C. The van der Waals surface area contributed by atoms with Crippen LogP contribution in [0.1, 0.15) is 20.3 Å². The molecule has 1 aliphatic heterocycles. The van der Waals surface area contributed by atoms with Gasteiger partial charge in [0.25, 0.3) is 0 Å². The summed E-state index contributed by atoms with van der Waals surface area (Å²) in [5.74, 6) is 0. The number of hydrogen-bond acceptors (Lipinski definition) is 2. The molecule has 0 N–H and O–H groups in total. The maximum atomic E-state index is 2.61. The second-order valence-corrected chi connectivity index (χ2v) is 4.94. The zero-order chi connectivity index (χ0) is 6.85. The Hall–Kier alpha value is 0.137. The minimum atomic E-state index is 0.0515. The van der Waals surface area contributed by atoms with Crippen molar-refractivity contribution < 1.29 is 0 Å². The van der Waals surface area contributed by atoms with Crippen molar-refractivity contribution in [3.63, 3.8) is 0 Å². The number of nitrogens with zero attached hydrogens (tertiary/aromatic N) is 2. The molecule has 0 amide bonds. The molecule has 2 nitrogen and oxygen atoms in total. The molecular formula is C6H16N2Si. The van der Waals surface area contributed by atoms with Crippen molar-refractivity contribution in [1.29, 1.82) is 0 Å². The lowest BCUT2D eigenvalue weighted by Gasteiger charge is -2.47. The molecule has 0 aromatic heterocycles. The van der Waals surface area contributed by atoms with Gasteiger partial charge in [-0.25, -0.2) is 0 Å². The van der Waals surface area contributed by atoms with Crippen molar-refractivity contribution in [1.82, 2.24) is 9.13 Å². The molecule has 1 aliphatic rings. The molecule has 0 aromatic rings. The van der Waals surface area contributed by atoms with Crippen molar-refractivity contribution >= 4 is 9.84 Å². The molecule has 3 heteroatoms. The maximum Gasteiger partial charge on any atom is 0.175 e. The maximum absolute atomic E-state index is 2.61. The van der Waals surface area contributed by atoms with Crippen molar-refractivity contribution in [2.75, 3.05) is 13.6 Å². The van der Waals surface area contributed by atoms with E-state index in [1.165, 1.54) is 13.0 Å². The summed E-state index contributed by atoms with van der Waals surface area (Å²) in [6.45, 7) is 5.85. The van der Waals surface area contributed by atoms with Gasteiger partial charge in [-0.2, -0.15) is 0 Å². The topological polar surface area (TPSA) is 6.48 Å². The first-order chi connectivity index (χ1) is 4.25. The molecule has 1 rings (SSSR count). The van der Waals surface area contributed by atoms with Crippen molar-refractivity contribution in [2.45, 2.75) is 26.4 Å². The van der Waals surface area contributed by atoms with E-state index in [-0.39, 0.29) is 9.84 Å². The van der Waals surface area contributed by atoms with Crippen LogP contribution in [-0.4, -0.2) is 38.7 Å². The van der Waals surface area contributed by atoms with Gasteiger partial charge in [0.1, 0.15) is 0 Å². The summed E-state index contributed by atoms with van der Waals surface area (Å²) < 4.78 is 5.09. The van der Waals surface area contributed by atoms with Crippen LogP contribution in [0.15, 0.2) is 0 Å². The molecule has 1 saturated heterocycles. The van der Waals surface area contributed by atoms with Crippen molar-refractivity contribution in [3.05, 3.63) is 0 Å². The Labute approximate surface area is 59.8 Å². The summed E-state index contributed by atoms with van der Waals surface area (Å²) in [6, 6.07) is 0. The summed E-state index contributed by atoms with van der Waals surface area (Å²) in [7, 11) is 2.28. The fourth-order valence-corrected chi connectivity index (χ4v) is 2.96. The van der Waals surface area contributed by atoms with E-state index in [9.17, 15) is 0 Å². The first-order valence-electron chi connectivity index (χ1n) is 3.70. The van der Waals surface area contributed by atoms with E-state index in [0.717, 1.165) is 6.17 Å². The van der Waals surface area contributed by atoms with Crippen LogP contribution in [0, 0.1) is 0 Å². The molecular weight excluding hydrogens is 128 g/mol. The third-order valence-corrected chi connectivity index (χ3v) is 4.26. The normalized spacial score (nSPS) is 33.0. The van der Waals surface area contributed by atoms with Crippen LogP contribution in [0.25, 0.3) is 0 Å². The van der Waals surface area contributed by atoms with E-state index in [2.05, 4.69) is 30.0 Å². The lowest BCUT2D eigenvalue weighted by atomic mass is 10.4. The van der Waals surface area contributed by atoms with Crippen LogP contribution in [0.5, 0.6) is 0 Å². The summed E-state index contributed by atoms with van der Waals surface area (Å²) in [6.07, 6.45) is 2.06. The summed E-state index contributed by atoms with van der Waals surface area (Å²) in [4.78, 5) is 0. The predicted octanol–water partition coefficient (Wildman–Crippen LogP) is -0.0114. The molecule has 9 heavy (non-hydrogen) atoms. The molecule has 0 radical (unpaired) electrons. The van der Waals surface area contributed by atoms with Gasteiger partial charge in [-0.05, 0) is 26.9 Å². The van der Waals surface area contributed by atoms with Crippen LogP contribution in [-0.2, 0) is 0 Å². The first kappa shape index (κ1) is 7.25. The second-order valence-electron chi connectivity index (χ2n) is 2.84. The van der Waals surface area contributed by atoms with E-state index in [0.29, 0.717) is 0 Å². The highest BCUT2D eigenvalue weighted by molar-refractivity contribution is 6.31. The Bertz CT molecular complexity index is 95.1. The average molecular weight is 144 g/mol. The standard InChI is InChI=1S/C6H16N2Si/c1-4-5-8-6(2)7(3)9-8/h6H,4-5,9H2,1-3H3. The summed E-state index contributed by atoms with van der Waals surface area (Å²) in [5, 5.41) is 0. The zero-order valence-corrected chi connectivity index (χ0v) is 8.01. The Balaban J connectivity index is 2.17. The van der Waals surface area contributed by atoms with E-state index >= 15 is 0 Å². The van der Waals surface area contributed by atoms with Gasteiger partial charge >= 0.3 is 0 Å². The highest BCUT2D eigenvalue weighted by atomic mass is 28.2. The zero-order valence-electron chi connectivity index (χ0n) is 6.59. The highest BCUT2D eigenvalue weighted by Crippen LogP contribution is 2.12. The quantitative estimate of drug-likeness (QED) is 0.503. The molecule has 0 bridgehead atoms. The van der Waals surface area contributed by atoms with Gasteiger partial charge < -0.3 is 9.13 Å². The van der Waals surface area contributed by atoms with Gasteiger partial charge in [-0.1, -0.05) is 6.92 Å². The molecule has 0 spiro atoms. The van der Waals surface area contributed by atoms with E-state index in [1.54, 1.807) is 0 Å². The predicted molar refractivity (Wildman–Crippen MR) is 42.8 cm³/mol. The van der Waals surface area contributed by atoms with Crippen LogP contribution in [0.4, 0.5) is 0 Å². The molecule has 1 heterocycles. The largest absolute Gasteiger partial charge is 0.305 e. The fraction of sp³-hybridized carbons (Fsp3) is 1.00. The van der Waals surface area contributed by atoms with E-state index in [4.69, 9.17) is 0 Å². The molecule has 0 aliphatic carbocycles. The van der Waals surface area contributed by atoms with Gasteiger partial charge in [0, 0.05) is 6.17 Å². The molecule has 0 saturated carbocycles. The van der Waals surface area contributed by atoms with Gasteiger partial charge in [0.2, 0.25) is 0 Å². The minimum absolute atomic E-state index is 0.0515. The van der Waals surface area contributed by atoms with Gasteiger partial charge in [0.05, 0.1) is 0 Å². The molecule has 1 fully saturated rings. The van der Waals surface area contributed by atoms with Gasteiger partial charge in [-0.3, -0.25) is 0 Å². The average Bonchev–Trinajstić information content (AvgIpc) is 1.88. The van der Waals surface area contributed by atoms with E-state index < -0.39 is 0 Å². The van der Waals surface area contributed by atoms with Crippen molar-refractivity contribution in [3.8, 4) is 0 Å². The Kier molecular flexibility index (Phi) is 2.27. The molecule has 1 atom stereocenters.